The molecule has 0 bridgehead atoms. The van der Waals surface area contributed by atoms with Gasteiger partial charge in [-0.2, -0.15) is 0 Å². The molecule has 8 heteroatoms. The van der Waals surface area contributed by atoms with Crippen LogP contribution >= 0.6 is 0 Å². The van der Waals surface area contributed by atoms with E-state index in [4.69, 9.17) is 9.47 Å². The standard InChI is InChI=1S/C21H29N3O5/c1-14(25)7-6-8-18-23-17-13-15(28-5)9-10-16(17)19(26)24(18)12-11-22-20(27)29-21(2,3)4/h9-10,13H,6-8,11-12H2,1-5H3,(H,22,27). The Morgan fingerprint density at radius 3 is 2.59 bits per heavy atom. The highest BCUT2D eigenvalue weighted by Gasteiger charge is 2.16. The topological polar surface area (TPSA) is 99.5 Å². The van der Waals surface area contributed by atoms with E-state index in [9.17, 15) is 14.4 Å². The second-order valence-electron chi connectivity index (χ2n) is 7.85. The van der Waals surface area contributed by atoms with Gasteiger partial charge in [-0.15, -0.1) is 0 Å². The van der Waals surface area contributed by atoms with E-state index in [2.05, 4.69) is 10.3 Å². The number of amides is 1. The summed E-state index contributed by atoms with van der Waals surface area (Å²) >= 11 is 0. The summed E-state index contributed by atoms with van der Waals surface area (Å²) in [6, 6.07) is 5.11. The summed E-state index contributed by atoms with van der Waals surface area (Å²) in [6.45, 7) is 7.36. The lowest BCUT2D eigenvalue weighted by Gasteiger charge is -2.20. The van der Waals surface area contributed by atoms with Gasteiger partial charge in [0.2, 0.25) is 0 Å². The van der Waals surface area contributed by atoms with Crippen LogP contribution in [0.15, 0.2) is 23.0 Å². The number of methoxy groups -OCH3 is 1. The van der Waals surface area contributed by atoms with Crippen LogP contribution in [0.25, 0.3) is 10.9 Å². The third kappa shape index (κ3) is 6.58. The van der Waals surface area contributed by atoms with Crippen LogP contribution in [-0.4, -0.2) is 40.7 Å². The predicted molar refractivity (Wildman–Crippen MR) is 110 cm³/mol. The number of hydrogen-bond donors (Lipinski definition) is 1. The number of ether oxygens (including phenoxy) is 2. The van der Waals surface area contributed by atoms with Gasteiger partial charge in [0.15, 0.2) is 0 Å². The van der Waals surface area contributed by atoms with Crippen molar-refractivity contribution in [3.8, 4) is 5.75 Å². The van der Waals surface area contributed by atoms with Crippen molar-refractivity contribution in [1.82, 2.24) is 14.9 Å². The molecule has 2 aromatic rings. The number of Topliss-reactive ketones (excluding diaryl/α,β-unsaturated/α-hetero) is 1. The lowest BCUT2D eigenvalue weighted by molar-refractivity contribution is -0.117. The average Bonchev–Trinajstić information content (AvgIpc) is 2.61. The monoisotopic (exact) mass is 403 g/mol. The fraction of sp³-hybridized carbons (Fsp3) is 0.524. The quantitative estimate of drug-likeness (QED) is 0.728. The number of nitrogens with one attached hydrogen (secondary N) is 1. The molecular weight excluding hydrogens is 374 g/mol. The van der Waals surface area contributed by atoms with E-state index in [1.54, 1.807) is 50.6 Å². The maximum atomic E-state index is 13.0. The zero-order chi connectivity index (χ0) is 21.6. The van der Waals surface area contributed by atoms with E-state index < -0.39 is 11.7 Å². The van der Waals surface area contributed by atoms with Gasteiger partial charge in [-0.3, -0.25) is 9.36 Å². The molecule has 0 unspecified atom stereocenters. The SMILES string of the molecule is COc1ccc2c(=O)n(CCNC(=O)OC(C)(C)C)c(CCCC(C)=O)nc2c1. The van der Waals surface area contributed by atoms with Crippen molar-refractivity contribution in [2.45, 2.75) is 59.1 Å². The van der Waals surface area contributed by atoms with Crippen LogP contribution in [-0.2, 0) is 22.5 Å². The molecule has 0 aliphatic heterocycles. The average molecular weight is 403 g/mol. The summed E-state index contributed by atoms with van der Waals surface area (Å²) in [7, 11) is 1.55. The number of benzene rings is 1. The highest BCUT2D eigenvalue weighted by Crippen LogP contribution is 2.17. The van der Waals surface area contributed by atoms with Gasteiger partial charge in [-0.05, 0) is 46.2 Å². The molecule has 1 heterocycles. The second-order valence-corrected chi connectivity index (χ2v) is 7.85. The summed E-state index contributed by atoms with van der Waals surface area (Å²) in [5, 5.41) is 3.13. The smallest absolute Gasteiger partial charge is 0.407 e. The number of nitrogens with zero attached hydrogens (tertiary/aromatic N) is 2. The number of alkyl carbamates (subject to hydrolysis) is 1. The van der Waals surface area contributed by atoms with Crippen LogP contribution in [0.5, 0.6) is 5.75 Å². The third-order valence-corrected chi connectivity index (χ3v) is 4.17. The van der Waals surface area contributed by atoms with Crippen LogP contribution in [0.4, 0.5) is 4.79 Å². The number of aromatic nitrogens is 2. The van der Waals surface area contributed by atoms with Gasteiger partial charge < -0.3 is 19.6 Å². The molecule has 158 valence electrons. The Kier molecular flexibility index (Phi) is 7.36. The van der Waals surface area contributed by atoms with E-state index >= 15 is 0 Å². The van der Waals surface area contributed by atoms with Crippen molar-refractivity contribution < 1.29 is 19.1 Å². The summed E-state index contributed by atoms with van der Waals surface area (Å²) in [6.07, 6.45) is 0.954. The molecule has 0 radical (unpaired) electrons. The number of aryl methyl sites for hydroxylation is 1. The van der Waals surface area contributed by atoms with Crippen LogP contribution in [0.2, 0.25) is 0 Å². The molecule has 0 spiro atoms. The van der Waals surface area contributed by atoms with Crippen molar-refractivity contribution >= 4 is 22.8 Å². The Morgan fingerprint density at radius 2 is 1.97 bits per heavy atom. The molecule has 2 rings (SSSR count). The Morgan fingerprint density at radius 1 is 1.24 bits per heavy atom. The minimum absolute atomic E-state index is 0.0907. The first-order valence-corrected chi connectivity index (χ1v) is 9.64. The van der Waals surface area contributed by atoms with Gasteiger partial charge in [-0.1, -0.05) is 0 Å². The Bertz CT molecular complexity index is 944. The van der Waals surface area contributed by atoms with Crippen molar-refractivity contribution in [3.63, 3.8) is 0 Å². The molecule has 0 atom stereocenters. The number of rotatable bonds is 8. The summed E-state index contributed by atoms with van der Waals surface area (Å²) in [5.74, 6) is 1.28. The fourth-order valence-corrected chi connectivity index (χ4v) is 2.87. The molecular formula is C21H29N3O5. The van der Waals surface area contributed by atoms with Gasteiger partial charge in [0.25, 0.3) is 5.56 Å². The summed E-state index contributed by atoms with van der Waals surface area (Å²) in [4.78, 5) is 40.8. The predicted octanol–water partition coefficient (Wildman–Crippen LogP) is 2.84. The minimum Gasteiger partial charge on any atom is -0.497 e. The normalized spacial score (nSPS) is 11.3. The minimum atomic E-state index is -0.595. The zero-order valence-electron chi connectivity index (χ0n) is 17.7. The molecule has 8 nitrogen and oxygen atoms in total. The first-order valence-electron chi connectivity index (χ1n) is 9.64. The van der Waals surface area contributed by atoms with Crippen molar-refractivity contribution in [2.75, 3.05) is 13.7 Å². The van der Waals surface area contributed by atoms with Crippen LogP contribution in [0, 0.1) is 0 Å². The molecule has 0 saturated carbocycles. The fourth-order valence-electron chi connectivity index (χ4n) is 2.87. The molecule has 1 amide bonds. The molecule has 0 saturated heterocycles. The first kappa shape index (κ1) is 22.4. The molecule has 29 heavy (non-hydrogen) atoms. The molecule has 0 fully saturated rings. The molecule has 0 aliphatic carbocycles. The number of fused-ring (bicyclic) bond motifs is 1. The molecule has 1 N–H and O–H groups in total. The maximum absolute atomic E-state index is 13.0. The van der Waals surface area contributed by atoms with Gasteiger partial charge in [0, 0.05) is 32.0 Å². The van der Waals surface area contributed by atoms with E-state index in [0.29, 0.717) is 41.7 Å². The van der Waals surface area contributed by atoms with Crippen LogP contribution < -0.4 is 15.6 Å². The molecule has 1 aromatic carbocycles. The van der Waals surface area contributed by atoms with Gasteiger partial charge in [-0.25, -0.2) is 9.78 Å². The van der Waals surface area contributed by atoms with E-state index in [1.165, 1.54) is 6.92 Å². The van der Waals surface area contributed by atoms with Gasteiger partial charge in [0.1, 0.15) is 23.0 Å². The Hall–Kier alpha value is -2.90. The lowest BCUT2D eigenvalue weighted by atomic mass is 10.1. The van der Waals surface area contributed by atoms with Crippen molar-refractivity contribution in [2.24, 2.45) is 0 Å². The van der Waals surface area contributed by atoms with E-state index in [0.717, 1.165) is 0 Å². The highest BCUT2D eigenvalue weighted by atomic mass is 16.6. The van der Waals surface area contributed by atoms with Gasteiger partial charge in [0.05, 0.1) is 18.0 Å². The largest absolute Gasteiger partial charge is 0.497 e. The summed E-state index contributed by atoms with van der Waals surface area (Å²) < 4.78 is 12.0. The number of carbonyl (C=O) groups excluding carboxylic acids is 2. The lowest BCUT2D eigenvalue weighted by Crippen LogP contribution is -2.36. The Labute approximate surface area is 170 Å². The van der Waals surface area contributed by atoms with Crippen LogP contribution in [0.1, 0.15) is 46.4 Å². The molecule has 0 aliphatic rings. The number of carbonyl (C=O) groups is 2. The second kappa shape index (κ2) is 9.54. The highest BCUT2D eigenvalue weighted by molar-refractivity contribution is 5.79. The number of ketones is 1. The van der Waals surface area contributed by atoms with E-state index in [-0.39, 0.29) is 24.4 Å². The van der Waals surface area contributed by atoms with E-state index in [1.807, 2.05) is 0 Å². The van der Waals surface area contributed by atoms with Crippen LogP contribution in [0.3, 0.4) is 0 Å². The zero-order valence-corrected chi connectivity index (χ0v) is 17.7. The van der Waals surface area contributed by atoms with Gasteiger partial charge >= 0.3 is 6.09 Å². The molecule has 1 aromatic heterocycles. The number of hydrogen-bond acceptors (Lipinski definition) is 6. The Balaban J connectivity index is 2.27. The third-order valence-electron chi connectivity index (χ3n) is 4.17. The maximum Gasteiger partial charge on any atom is 0.407 e. The van der Waals surface area contributed by atoms with Crippen molar-refractivity contribution in [3.05, 3.63) is 34.4 Å². The summed E-state index contributed by atoms with van der Waals surface area (Å²) in [5.41, 5.74) is -0.243. The van der Waals surface area contributed by atoms with Crippen molar-refractivity contribution in [1.29, 1.82) is 0 Å². The first-order chi connectivity index (χ1) is 13.6.